The predicted molar refractivity (Wildman–Crippen MR) is 123 cm³/mol. The van der Waals surface area contributed by atoms with Crippen LogP contribution in [0.15, 0.2) is 24.3 Å². The largest absolute Gasteiger partial charge is 0.376 e. The fourth-order valence-electron chi connectivity index (χ4n) is 3.45. The fourth-order valence-corrected chi connectivity index (χ4v) is 4.60. The Bertz CT molecular complexity index is 1000. The van der Waals surface area contributed by atoms with E-state index in [1.165, 1.54) is 35.6 Å². The number of thiophene rings is 1. The molecule has 10 heteroatoms. The minimum Gasteiger partial charge on any atom is -0.376 e. The number of unbranched alkanes of at least 4 members (excludes halogenated alkanes) is 1. The summed E-state index contributed by atoms with van der Waals surface area (Å²) in [5.74, 6) is -0.795. The lowest BCUT2D eigenvalue weighted by molar-refractivity contribution is -0.384. The summed E-state index contributed by atoms with van der Waals surface area (Å²) >= 11 is 1.52. The van der Waals surface area contributed by atoms with Gasteiger partial charge < -0.3 is 10.1 Å². The van der Waals surface area contributed by atoms with Crippen LogP contribution in [0, 0.1) is 10.1 Å². The minimum atomic E-state index is -0.496. The Morgan fingerprint density at radius 2 is 1.94 bits per heavy atom. The van der Waals surface area contributed by atoms with Crippen molar-refractivity contribution >= 4 is 33.8 Å². The zero-order valence-corrected chi connectivity index (χ0v) is 19.3. The van der Waals surface area contributed by atoms with E-state index in [-0.39, 0.29) is 23.6 Å². The Kier molecular flexibility index (Phi) is 7.47. The van der Waals surface area contributed by atoms with Gasteiger partial charge in [-0.1, -0.05) is 25.5 Å². The van der Waals surface area contributed by atoms with Crippen LogP contribution < -0.4 is 16.2 Å². The van der Waals surface area contributed by atoms with Gasteiger partial charge in [0.1, 0.15) is 5.00 Å². The maximum absolute atomic E-state index is 13.0. The molecular weight excluding hydrogens is 432 g/mol. The van der Waals surface area contributed by atoms with Gasteiger partial charge in [-0.25, -0.2) is 0 Å². The zero-order valence-electron chi connectivity index (χ0n) is 18.4. The summed E-state index contributed by atoms with van der Waals surface area (Å²) in [6, 6.07) is 5.73. The Morgan fingerprint density at radius 3 is 2.59 bits per heavy atom. The number of hydrogen-bond acceptors (Lipinski definition) is 7. The second-order valence-electron chi connectivity index (χ2n) is 8.32. The summed E-state index contributed by atoms with van der Waals surface area (Å²) in [7, 11) is 0. The van der Waals surface area contributed by atoms with E-state index in [0.717, 1.165) is 34.8 Å². The highest BCUT2D eigenvalue weighted by atomic mass is 32.1. The van der Waals surface area contributed by atoms with Crippen LogP contribution in [-0.4, -0.2) is 28.9 Å². The van der Waals surface area contributed by atoms with Crippen molar-refractivity contribution in [2.75, 3.05) is 11.9 Å². The van der Waals surface area contributed by atoms with Gasteiger partial charge >= 0.3 is 0 Å². The van der Waals surface area contributed by atoms with Crippen LogP contribution >= 0.6 is 11.3 Å². The van der Waals surface area contributed by atoms with Gasteiger partial charge in [0, 0.05) is 30.0 Å². The first-order valence-corrected chi connectivity index (χ1v) is 11.4. The predicted octanol–water partition coefficient (Wildman–Crippen LogP) is 3.72. The second-order valence-corrected chi connectivity index (χ2v) is 9.42. The average Bonchev–Trinajstić information content (AvgIpc) is 3.09. The number of benzene rings is 1. The Morgan fingerprint density at radius 1 is 1.22 bits per heavy atom. The van der Waals surface area contributed by atoms with Crippen molar-refractivity contribution in [2.45, 2.75) is 58.7 Å². The SMILES string of the molecule is CCCCNc1sc2c(c1C(=O)NNC(=O)Cc1ccc([N+](=O)[O-])cc1)CC(C)(C)OC2. The van der Waals surface area contributed by atoms with E-state index >= 15 is 0 Å². The number of nitrogens with one attached hydrogen (secondary N) is 3. The molecule has 0 saturated heterocycles. The number of non-ortho nitro benzene ring substituents is 1. The Balaban J connectivity index is 1.68. The third-order valence-electron chi connectivity index (χ3n) is 5.16. The van der Waals surface area contributed by atoms with Gasteiger partial charge in [0.05, 0.1) is 29.1 Å². The molecule has 0 aliphatic carbocycles. The molecule has 3 N–H and O–H groups in total. The third-order valence-corrected chi connectivity index (χ3v) is 6.32. The number of amides is 2. The highest BCUT2D eigenvalue weighted by molar-refractivity contribution is 7.16. The standard InChI is InChI=1S/C22H28N4O5S/c1-4-5-10-23-21-19(16-12-22(2,3)31-13-17(16)32-21)20(28)25-24-18(27)11-14-6-8-15(9-7-14)26(29)30/h6-9,23H,4-5,10-13H2,1-3H3,(H,24,27)(H,25,28). The lowest BCUT2D eigenvalue weighted by Gasteiger charge is -2.30. The number of nitro benzene ring substituents is 1. The van der Waals surface area contributed by atoms with Crippen molar-refractivity contribution in [1.29, 1.82) is 0 Å². The number of carbonyl (C=O) groups is 2. The van der Waals surface area contributed by atoms with Crippen LogP contribution in [0.4, 0.5) is 10.7 Å². The normalized spacial score (nSPS) is 14.3. The number of fused-ring (bicyclic) bond motifs is 1. The first-order valence-electron chi connectivity index (χ1n) is 10.5. The van der Waals surface area contributed by atoms with E-state index in [4.69, 9.17) is 4.74 Å². The number of hydrogen-bond donors (Lipinski definition) is 3. The van der Waals surface area contributed by atoms with Crippen molar-refractivity contribution in [3.05, 3.63) is 55.9 Å². The Hall–Kier alpha value is -2.98. The maximum atomic E-state index is 13.0. The third kappa shape index (κ3) is 5.83. The molecule has 0 saturated carbocycles. The zero-order chi connectivity index (χ0) is 23.3. The lowest BCUT2D eigenvalue weighted by atomic mass is 9.93. The molecule has 1 aromatic carbocycles. The first kappa shape index (κ1) is 23.7. The highest BCUT2D eigenvalue weighted by Crippen LogP contribution is 2.40. The topological polar surface area (TPSA) is 123 Å². The quantitative estimate of drug-likeness (QED) is 0.313. The van der Waals surface area contributed by atoms with Crippen molar-refractivity contribution in [3.8, 4) is 0 Å². The van der Waals surface area contributed by atoms with Crippen molar-refractivity contribution in [3.63, 3.8) is 0 Å². The van der Waals surface area contributed by atoms with Gasteiger partial charge in [-0.2, -0.15) is 0 Å². The average molecular weight is 461 g/mol. The summed E-state index contributed by atoms with van der Waals surface area (Å²) in [4.78, 5) is 36.6. The van der Waals surface area contributed by atoms with Gasteiger partial charge in [0.15, 0.2) is 0 Å². The second kappa shape index (κ2) is 10.1. The summed E-state index contributed by atoms with van der Waals surface area (Å²) in [5.41, 5.74) is 6.67. The highest BCUT2D eigenvalue weighted by Gasteiger charge is 2.33. The molecule has 0 spiro atoms. The molecule has 0 bridgehead atoms. The summed E-state index contributed by atoms with van der Waals surface area (Å²) in [6.45, 7) is 7.30. The number of rotatable bonds is 8. The van der Waals surface area contributed by atoms with Crippen LogP contribution in [-0.2, 0) is 29.0 Å². The molecule has 0 radical (unpaired) electrons. The number of anilines is 1. The van der Waals surface area contributed by atoms with Crippen LogP contribution in [0.5, 0.6) is 0 Å². The Labute approximate surface area is 190 Å². The molecule has 1 aliphatic rings. The van der Waals surface area contributed by atoms with Crippen molar-refractivity contribution < 1.29 is 19.2 Å². The maximum Gasteiger partial charge on any atom is 0.272 e. The molecule has 3 rings (SSSR count). The van der Waals surface area contributed by atoms with Crippen molar-refractivity contribution in [2.24, 2.45) is 0 Å². The van der Waals surface area contributed by atoms with Crippen LogP contribution in [0.1, 0.15) is 60.0 Å². The number of nitrogens with zero attached hydrogens (tertiary/aromatic N) is 1. The minimum absolute atomic E-state index is 0.0114. The van der Waals surface area contributed by atoms with E-state index in [9.17, 15) is 19.7 Å². The van der Waals surface area contributed by atoms with E-state index in [1.807, 2.05) is 13.8 Å². The molecule has 0 unspecified atom stereocenters. The molecule has 1 aliphatic heterocycles. The van der Waals surface area contributed by atoms with Gasteiger partial charge in [0.2, 0.25) is 5.91 Å². The van der Waals surface area contributed by atoms with Crippen LogP contribution in [0.3, 0.4) is 0 Å². The summed E-state index contributed by atoms with van der Waals surface area (Å²) in [5, 5.41) is 14.9. The molecule has 0 atom stereocenters. The molecule has 172 valence electrons. The molecule has 0 fully saturated rings. The molecular formula is C22H28N4O5S. The fraction of sp³-hybridized carbons (Fsp3) is 0.455. The molecule has 2 aromatic rings. The number of ether oxygens (including phenoxy) is 1. The molecule has 2 heterocycles. The number of nitro groups is 1. The van der Waals surface area contributed by atoms with E-state index < -0.39 is 10.8 Å². The lowest BCUT2D eigenvalue weighted by Crippen LogP contribution is -2.43. The van der Waals surface area contributed by atoms with E-state index in [2.05, 4.69) is 23.1 Å². The smallest absolute Gasteiger partial charge is 0.272 e. The van der Waals surface area contributed by atoms with Crippen LogP contribution in [0.25, 0.3) is 0 Å². The van der Waals surface area contributed by atoms with Crippen molar-refractivity contribution in [1.82, 2.24) is 10.9 Å². The van der Waals surface area contributed by atoms with Gasteiger partial charge in [-0.3, -0.25) is 30.6 Å². The molecule has 1 aromatic heterocycles. The number of carbonyl (C=O) groups excluding carboxylic acids is 2. The summed E-state index contributed by atoms with van der Waals surface area (Å²) in [6.07, 6.45) is 2.61. The molecule has 9 nitrogen and oxygen atoms in total. The van der Waals surface area contributed by atoms with Gasteiger partial charge in [-0.05, 0) is 31.4 Å². The van der Waals surface area contributed by atoms with Crippen LogP contribution in [0.2, 0.25) is 0 Å². The monoisotopic (exact) mass is 460 g/mol. The van der Waals surface area contributed by atoms with Gasteiger partial charge in [-0.15, -0.1) is 11.3 Å². The number of hydrazine groups is 1. The van der Waals surface area contributed by atoms with E-state index in [1.54, 1.807) is 0 Å². The first-order chi connectivity index (χ1) is 15.2. The van der Waals surface area contributed by atoms with Gasteiger partial charge in [0.25, 0.3) is 11.6 Å². The summed E-state index contributed by atoms with van der Waals surface area (Å²) < 4.78 is 5.89. The molecule has 2 amide bonds. The van der Waals surface area contributed by atoms with E-state index in [0.29, 0.717) is 24.2 Å². The molecule has 32 heavy (non-hydrogen) atoms.